The number of anilines is 3. The van der Waals surface area contributed by atoms with Gasteiger partial charge in [0.05, 0.1) is 24.0 Å². The van der Waals surface area contributed by atoms with Crippen molar-refractivity contribution in [1.82, 2.24) is 9.97 Å². The molecule has 190 valence electrons. The van der Waals surface area contributed by atoms with Crippen molar-refractivity contribution in [1.29, 1.82) is 0 Å². The van der Waals surface area contributed by atoms with Crippen LogP contribution in [-0.2, 0) is 6.61 Å². The van der Waals surface area contributed by atoms with Crippen LogP contribution in [0.5, 0.6) is 5.75 Å². The van der Waals surface area contributed by atoms with E-state index in [1.807, 2.05) is 59.5 Å². The van der Waals surface area contributed by atoms with Crippen molar-refractivity contribution in [3.05, 3.63) is 60.2 Å². The summed E-state index contributed by atoms with van der Waals surface area (Å²) in [4.78, 5) is 10.8. The number of hydrogen-bond acceptors (Lipinski definition) is 9. The molecule has 1 saturated heterocycles. The number of rotatable bonds is 7. The smallest absolute Gasteiger partial charge is 0.222 e. The molecule has 2 aromatic carbocycles. The fourth-order valence-corrected chi connectivity index (χ4v) is 4.86. The van der Waals surface area contributed by atoms with Gasteiger partial charge < -0.3 is 36.0 Å². The first-order valence-electron chi connectivity index (χ1n) is 12.5. The van der Waals surface area contributed by atoms with Crippen molar-refractivity contribution in [2.45, 2.75) is 56.6 Å². The number of aliphatic hydroxyl groups excluding tert-OH is 3. The van der Waals surface area contributed by atoms with Gasteiger partial charge in [0.1, 0.15) is 18.2 Å². The number of nitrogens with one attached hydrogen (secondary N) is 1. The summed E-state index contributed by atoms with van der Waals surface area (Å²) in [5, 5.41) is 33.4. The Morgan fingerprint density at radius 1 is 0.917 bits per heavy atom. The molecule has 5 rings (SSSR count). The number of aliphatic hydroxyl groups is 3. The van der Waals surface area contributed by atoms with Gasteiger partial charge in [-0.3, -0.25) is 0 Å². The summed E-state index contributed by atoms with van der Waals surface area (Å²) in [6, 6.07) is 17.8. The number of ether oxygens (including phenoxy) is 1. The number of hydrogen-bond donors (Lipinski definition) is 5. The molecule has 2 fully saturated rings. The van der Waals surface area contributed by atoms with Gasteiger partial charge in [-0.25, -0.2) is 4.98 Å². The van der Waals surface area contributed by atoms with Crippen molar-refractivity contribution in [2.24, 2.45) is 0 Å². The zero-order valence-corrected chi connectivity index (χ0v) is 20.1. The van der Waals surface area contributed by atoms with E-state index in [9.17, 15) is 15.3 Å². The van der Waals surface area contributed by atoms with E-state index in [0.717, 1.165) is 42.5 Å². The van der Waals surface area contributed by atoms with Crippen LogP contribution < -0.4 is 20.7 Å². The van der Waals surface area contributed by atoms with Crippen LogP contribution in [0.15, 0.2) is 54.6 Å². The first-order chi connectivity index (χ1) is 17.4. The van der Waals surface area contributed by atoms with Crippen LogP contribution in [0.3, 0.4) is 0 Å². The molecule has 1 aromatic heterocycles. The quantitative estimate of drug-likeness (QED) is 0.338. The molecule has 2 aliphatic rings. The highest BCUT2D eigenvalue weighted by atomic mass is 16.5. The number of benzene rings is 2. The van der Waals surface area contributed by atoms with E-state index < -0.39 is 12.2 Å². The number of aromatic nitrogens is 2. The maximum Gasteiger partial charge on any atom is 0.222 e. The zero-order chi connectivity index (χ0) is 25.1. The second-order valence-corrected chi connectivity index (χ2v) is 9.64. The van der Waals surface area contributed by atoms with Crippen LogP contribution in [-0.4, -0.2) is 62.7 Å². The number of nitrogen functional groups attached to an aromatic ring is 1. The standard InChI is InChI=1S/C27H33N5O4/c28-27-30-22(13-26(31-27)29-18-6-9-20(33)10-7-18)21-12-19(32-14-23(34)24(35)15-32)8-11-25(21)36-16-17-4-2-1-3-5-17/h1-5,8,11-13,18,20,23-24,33-35H,6-7,9-10,14-16H2,(H3,28,29,30,31)/t18?,20?,23-,24-/m0/s1. The maximum absolute atomic E-state index is 10.0. The van der Waals surface area contributed by atoms with Crippen molar-refractivity contribution < 1.29 is 20.1 Å². The van der Waals surface area contributed by atoms with Crippen LogP contribution in [0.25, 0.3) is 11.3 Å². The monoisotopic (exact) mass is 491 g/mol. The SMILES string of the molecule is Nc1nc(NC2CCC(O)CC2)cc(-c2cc(N3C[C@H](O)[C@@H](O)C3)ccc2OCc2ccccc2)n1. The van der Waals surface area contributed by atoms with Crippen molar-refractivity contribution >= 4 is 17.5 Å². The van der Waals surface area contributed by atoms with Gasteiger partial charge in [0.15, 0.2) is 0 Å². The van der Waals surface area contributed by atoms with Crippen molar-refractivity contribution in [3.8, 4) is 17.0 Å². The number of nitrogens with two attached hydrogens (primary N) is 1. The van der Waals surface area contributed by atoms with Crippen LogP contribution in [0.4, 0.5) is 17.5 Å². The zero-order valence-electron chi connectivity index (χ0n) is 20.1. The molecule has 9 heteroatoms. The Balaban J connectivity index is 1.45. The molecule has 0 bridgehead atoms. The van der Waals surface area contributed by atoms with Gasteiger partial charge in [-0.2, -0.15) is 4.98 Å². The molecule has 0 unspecified atom stereocenters. The topological polar surface area (TPSA) is 137 Å². The molecule has 0 radical (unpaired) electrons. The van der Waals surface area contributed by atoms with Crippen LogP contribution >= 0.6 is 0 Å². The van der Waals surface area contributed by atoms with Crippen molar-refractivity contribution in [3.63, 3.8) is 0 Å². The van der Waals surface area contributed by atoms with E-state index in [-0.39, 0.29) is 18.1 Å². The minimum Gasteiger partial charge on any atom is -0.488 e. The predicted octanol–water partition coefficient (Wildman–Crippen LogP) is 2.56. The normalized spacial score (nSPS) is 24.0. The molecule has 1 aliphatic carbocycles. The third-order valence-corrected chi connectivity index (χ3v) is 6.89. The van der Waals surface area contributed by atoms with E-state index in [1.165, 1.54) is 0 Å². The second-order valence-electron chi connectivity index (χ2n) is 9.64. The van der Waals surface area contributed by atoms with Gasteiger partial charge in [-0.15, -0.1) is 0 Å². The summed E-state index contributed by atoms with van der Waals surface area (Å²) in [6.07, 6.45) is 1.44. The summed E-state index contributed by atoms with van der Waals surface area (Å²) in [6.45, 7) is 1.08. The average molecular weight is 492 g/mol. The lowest BCUT2D eigenvalue weighted by Crippen LogP contribution is -2.28. The Kier molecular flexibility index (Phi) is 7.22. The molecule has 36 heavy (non-hydrogen) atoms. The fraction of sp³-hybridized carbons (Fsp3) is 0.407. The molecule has 2 heterocycles. The lowest BCUT2D eigenvalue weighted by atomic mass is 9.93. The Morgan fingerprint density at radius 2 is 1.64 bits per heavy atom. The van der Waals surface area contributed by atoms with E-state index >= 15 is 0 Å². The van der Waals surface area contributed by atoms with Crippen LogP contribution in [0.1, 0.15) is 31.2 Å². The third-order valence-electron chi connectivity index (χ3n) is 6.89. The molecule has 6 N–H and O–H groups in total. The molecule has 0 amide bonds. The molecule has 3 aromatic rings. The molecule has 0 spiro atoms. The summed E-state index contributed by atoms with van der Waals surface area (Å²) in [7, 11) is 0. The van der Waals surface area contributed by atoms with Crippen LogP contribution in [0, 0.1) is 0 Å². The summed E-state index contributed by atoms with van der Waals surface area (Å²) in [5.74, 6) is 1.43. The Labute approximate surface area is 210 Å². The van der Waals surface area contributed by atoms with Gasteiger partial charge >= 0.3 is 0 Å². The first-order valence-corrected chi connectivity index (χ1v) is 12.5. The Morgan fingerprint density at radius 3 is 2.36 bits per heavy atom. The molecule has 1 aliphatic heterocycles. The van der Waals surface area contributed by atoms with Gasteiger partial charge in [-0.1, -0.05) is 30.3 Å². The van der Waals surface area contributed by atoms with Gasteiger partial charge in [-0.05, 0) is 49.4 Å². The maximum atomic E-state index is 10.0. The third kappa shape index (κ3) is 5.70. The molecule has 1 saturated carbocycles. The Hall–Kier alpha value is -3.40. The van der Waals surface area contributed by atoms with E-state index in [1.54, 1.807) is 0 Å². The first kappa shape index (κ1) is 24.3. The van der Waals surface area contributed by atoms with Crippen LogP contribution in [0.2, 0.25) is 0 Å². The molecule has 2 atom stereocenters. The minimum atomic E-state index is -0.790. The molecular weight excluding hydrogens is 458 g/mol. The highest BCUT2D eigenvalue weighted by molar-refractivity contribution is 5.75. The van der Waals surface area contributed by atoms with Gasteiger partial charge in [0, 0.05) is 36.4 Å². The average Bonchev–Trinajstić information content (AvgIpc) is 3.22. The van der Waals surface area contributed by atoms with E-state index in [2.05, 4.69) is 15.3 Å². The highest BCUT2D eigenvalue weighted by Crippen LogP contribution is 2.36. The lowest BCUT2D eigenvalue weighted by Gasteiger charge is -2.26. The van der Waals surface area contributed by atoms with E-state index in [4.69, 9.17) is 10.5 Å². The summed E-state index contributed by atoms with van der Waals surface area (Å²) in [5.41, 5.74) is 9.37. The number of β-amino-alcohol motifs (C(OH)–C–C–N with tert-alkyl or cyclic N) is 2. The fourth-order valence-electron chi connectivity index (χ4n) is 4.86. The molecular formula is C27H33N5O4. The second kappa shape index (κ2) is 10.7. The largest absolute Gasteiger partial charge is 0.488 e. The lowest BCUT2D eigenvalue weighted by molar-refractivity contribution is 0.0572. The summed E-state index contributed by atoms with van der Waals surface area (Å²) < 4.78 is 6.21. The highest BCUT2D eigenvalue weighted by Gasteiger charge is 2.30. The van der Waals surface area contributed by atoms with Gasteiger partial charge in [0.25, 0.3) is 0 Å². The van der Waals surface area contributed by atoms with E-state index in [0.29, 0.717) is 37.0 Å². The summed E-state index contributed by atoms with van der Waals surface area (Å²) >= 11 is 0. The predicted molar refractivity (Wildman–Crippen MR) is 139 cm³/mol. The minimum absolute atomic E-state index is 0.150. The van der Waals surface area contributed by atoms with Gasteiger partial charge in [0.2, 0.25) is 5.95 Å². The number of nitrogens with zero attached hydrogens (tertiary/aromatic N) is 3. The molecule has 9 nitrogen and oxygen atoms in total. The Bertz CT molecular complexity index is 1160. The van der Waals surface area contributed by atoms with Crippen molar-refractivity contribution in [2.75, 3.05) is 29.0 Å².